The van der Waals surface area contributed by atoms with Gasteiger partial charge in [0.1, 0.15) is 12.1 Å². The van der Waals surface area contributed by atoms with E-state index in [1.54, 1.807) is 18.6 Å². The maximum absolute atomic E-state index is 12.3. The van der Waals surface area contributed by atoms with Crippen molar-refractivity contribution >= 4 is 11.7 Å². The highest BCUT2D eigenvalue weighted by Gasteiger charge is 2.16. The third-order valence-corrected chi connectivity index (χ3v) is 3.31. The largest absolute Gasteiger partial charge is 0.363 e. The number of anilines is 1. The Bertz CT molecular complexity index is 619. The Morgan fingerprint density at radius 2 is 2.18 bits per heavy atom. The van der Waals surface area contributed by atoms with Gasteiger partial charge in [-0.3, -0.25) is 4.79 Å². The van der Waals surface area contributed by atoms with Gasteiger partial charge in [0.05, 0.1) is 11.6 Å². The summed E-state index contributed by atoms with van der Waals surface area (Å²) in [7, 11) is 3.81. The molecule has 0 spiro atoms. The number of nitrogens with one attached hydrogen (secondary N) is 1. The van der Waals surface area contributed by atoms with Crippen molar-refractivity contribution in [1.82, 2.24) is 25.1 Å². The maximum atomic E-state index is 12.3. The molecule has 2 heterocycles. The van der Waals surface area contributed by atoms with Gasteiger partial charge in [-0.25, -0.2) is 4.98 Å². The average molecular weight is 302 g/mol. The van der Waals surface area contributed by atoms with Crippen LogP contribution >= 0.6 is 0 Å². The van der Waals surface area contributed by atoms with Gasteiger partial charge in [-0.15, -0.1) is 10.2 Å². The van der Waals surface area contributed by atoms with Crippen LogP contribution in [0.1, 0.15) is 42.5 Å². The molecular formula is C15H22N6O. The van der Waals surface area contributed by atoms with Crippen molar-refractivity contribution in [2.75, 3.05) is 19.0 Å². The Hall–Kier alpha value is -2.44. The highest BCUT2D eigenvalue weighted by Crippen LogP contribution is 2.12. The van der Waals surface area contributed by atoms with Gasteiger partial charge in [0, 0.05) is 26.8 Å². The number of rotatable bonds is 6. The molecule has 0 aliphatic rings. The van der Waals surface area contributed by atoms with Gasteiger partial charge in [-0.2, -0.15) is 0 Å². The standard InChI is InChI=1S/C15H22N6O/c1-5-8-21-10-17-19-14(21)11(2)18-15(22)12-6-7-13(16-9-12)20(3)4/h6-7,9-11H,5,8H2,1-4H3,(H,18,22). The Labute approximate surface area is 130 Å². The molecule has 1 atom stereocenters. The summed E-state index contributed by atoms with van der Waals surface area (Å²) in [6.07, 6.45) is 4.25. The molecule has 118 valence electrons. The lowest BCUT2D eigenvalue weighted by Gasteiger charge is -2.15. The van der Waals surface area contributed by atoms with Crippen LogP contribution < -0.4 is 10.2 Å². The number of aryl methyl sites for hydroxylation is 1. The summed E-state index contributed by atoms with van der Waals surface area (Å²) in [6, 6.07) is 3.37. The summed E-state index contributed by atoms with van der Waals surface area (Å²) >= 11 is 0. The third kappa shape index (κ3) is 3.60. The minimum atomic E-state index is -0.213. The van der Waals surface area contributed by atoms with Crippen LogP contribution in [0, 0.1) is 0 Å². The minimum Gasteiger partial charge on any atom is -0.363 e. The highest BCUT2D eigenvalue weighted by atomic mass is 16.1. The molecule has 2 aromatic heterocycles. The van der Waals surface area contributed by atoms with Crippen LogP contribution in [0.2, 0.25) is 0 Å². The van der Waals surface area contributed by atoms with E-state index < -0.39 is 0 Å². The van der Waals surface area contributed by atoms with E-state index in [-0.39, 0.29) is 11.9 Å². The Kier molecular flexibility index (Phi) is 5.08. The van der Waals surface area contributed by atoms with Crippen LogP contribution in [-0.2, 0) is 6.54 Å². The normalized spacial score (nSPS) is 12.0. The van der Waals surface area contributed by atoms with Crippen molar-refractivity contribution in [2.24, 2.45) is 0 Å². The summed E-state index contributed by atoms with van der Waals surface area (Å²) in [4.78, 5) is 18.4. The van der Waals surface area contributed by atoms with Crippen molar-refractivity contribution in [3.63, 3.8) is 0 Å². The molecule has 0 aliphatic carbocycles. The predicted molar refractivity (Wildman–Crippen MR) is 84.8 cm³/mol. The topological polar surface area (TPSA) is 75.9 Å². The van der Waals surface area contributed by atoms with Crippen LogP contribution in [-0.4, -0.2) is 39.8 Å². The fourth-order valence-electron chi connectivity index (χ4n) is 2.14. The van der Waals surface area contributed by atoms with E-state index in [2.05, 4.69) is 27.4 Å². The van der Waals surface area contributed by atoms with Crippen LogP contribution in [0.5, 0.6) is 0 Å². The Balaban J connectivity index is 2.06. The second kappa shape index (κ2) is 7.02. The van der Waals surface area contributed by atoms with Gasteiger partial charge in [0.2, 0.25) is 0 Å². The average Bonchev–Trinajstić information content (AvgIpc) is 2.96. The van der Waals surface area contributed by atoms with Gasteiger partial charge >= 0.3 is 0 Å². The lowest BCUT2D eigenvalue weighted by atomic mass is 10.2. The smallest absolute Gasteiger partial charge is 0.253 e. The Morgan fingerprint density at radius 1 is 1.41 bits per heavy atom. The molecule has 7 heteroatoms. The van der Waals surface area contributed by atoms with Crippen LogP contribution in [0.4, 0.5) is 5.82 Å². The zero-order valence-corrected chi connectivity index (χ0v) is 13.4. The van der Waals surface area contributed by atoms with Crippen molar-refractivity contribution in [3.8, 4) is 0 Å². The molecule has 1 amide bonds. The van der Waals surface area contributed by atoms with E-state index in [0.29, 0.717) is 5.56 Å². The van der Waals surface area contributed by atoms with Crippen molar-refractivity contribution < 1.29 is 4.79 Å². The summed E-state index contributed by atoms with van der Waals surface area (Å²) in [6.45, 7) is 4.82. The van der Waals surface area contributed by atoms with Crippen LogP contribution in [0.15, 0.2) is 24.7 Å². The quantitative estimate of drug-likeness (QED) is 0.878. The first-order valence-corrected chi connectivity index (χ1v) is 7.34. The number of hydrogen-bond donors (Lipinski definition) is 1. The molecule has 0 aliphatic heterocycles. The summed E-state index contributed by atoms with van der Waals surface area (Å²) < 4.78 is 1.96. The van der Waals surface area contributed by atoms with Crippen molar-refractivity contribution in [3.05, 3.63) is 36.0 Å². The van der Waals surface area contributed by atoms with E-state index in [4.69, 9.17) is 0 Å². The fourth-order valence-corrected chi connectivity index (χ4v) is 2.14. The fraction of sp³-hybridized carbons (Fsp3) is 0.467. The van der Waals surface area contributed by atoms with E-state index in [1.807, 2.05) is 36.6 Å². The first-order valence-electron chi connectivity index (χ1n) is 7.34. The van der Waals surface area contributed by atoms with Crippen LogP contribution in [0.3, 0.4) is 0 Å². The van der Waals surface area contributed by atoms with E-state index in [1.165, 1.54) is 0 Å². The van der Waals surface area contributed by atoms with Crippen molar-refractivity contribution in [1.29, 1.82) is 0 Å². The SMILES string of the molecule is CCCn1cnnc1C(C)NC(=O)c1ccc(N(C)C)nc1. The first kappa shape index (κ1) is 15.9. The molecule has 0 bridgehead atoms. The van der Waals surface area contributed by atoms with Gasteiger partial charge in [0.15, 0.2) is 5.82 Å². The van der Waals surface area contributed by atoms with Crippen LogP contribution in [0.25, 0.3) is 0 Å². The van der Waals surface area contributed by atoms with Crippen molar-refractivity contribution in [2.45, 2.75) is 32.9 Å². The third-order valence-electron chi connectivity index (χ3n) is 3.31. The molecule has 0 radical (unpaired) electrons. The lowest BCUT2D eigenvalue weighted by Crippen LogP contribution is -2.29. The first-order chi connectivity index (χ1) is 10.5. The van der Waals surface area contributed by atoms with E-state index in [0.717, 1.165) is 24.6 Å². The number of nitrogens with zero attached hydrogens (tertiary/aromatic N) is 5. The maximum Gasteiger partial charge on any atom is 0.253 e. The number of amides is 1. The van der Waals surface area contributed by atoms with Gasteiger partial charge in [0.25, 0.3) is 5.91 Å². The molecular weight excluding hydrogens is 280 g/mol. The number of aromatic nitrogens is 4. The molecule has 1 unspecified atom stereocenters. The minimum absolute atomic E-state index is 0.170. The number of carbonyl (C=O) groups is 1. The van der Waals surface area contributed by atoms with Gasteiger partial charge < -0.3 is 14.8 Å². The summed E-state index contributed by atoms with van der Waals surface area (Å²) in [5, 5.41) is 10.9. The number of hydrogen-bond acceptors (Lipinski definition) is 5. The molecule has 2 aromatic rings. The molecule has 22 heavy (non-hydrogen) atoms. The number of pyridine rings is 1. The highest BCUT2D eigenvalue weighted by molar-refractivity contribution is 5.94. The summed E-state index contributed by atoms with van der Waals surface area (Å²) in [5.74, 6) is 1.40. The zero-order chi connectivity index (χ0) is 16.1. The summed E-state index contributed by atoms with van der Waals surface area (Å²) in [5.41, 5.74) is 0.527. The van der Waals surface area contributed by atoms with Gasteiger partial charge in [-0.1, -0.05) is 6.92 Å². The molecule has 0 fully saturated rings. The molecule has 2 rings (SSSR count). The lowest BCUT2D eigenvalue weighted by molar-refractivity contribution is 0.0937. The Morgan fingerprint density at radius 3 is 2.77 bits per heavy atom. The van der Waals surface area contributed by atoms with Gasteiger partial charge in [-0.05, 0) is 25.5 Å². The molecule has 1 N–H and O–H groups in total. The number of carbonyl (C=O) groups excluding carboxylic acids is 1. The predicted octanol–water partition coefficient (Wildman–Crippen LogP) is 1.64. The van der Waals surface area contributed by atoms with E-state index >= 15 is 0 Å². The second-order valence-electron chi connectivity index (χ2n) is 5.38. The molecule has 7 nitrogen and oxygen atoms in total. The molecule has 0 saturated heterocycles. The monoisotopic (exact) mass is 302 g/mol. The molecule has 0 aromatic carbocycles. The second-order valence-corrected chi connectivity index (χ2v) is 5.38. The molecule has 0 saturated carbocycles. The van der Waals surface area contributed by atoms with E-state index in [9.17, 15) is 4.79 Å². The zero-order valence-electron chi connectivity index (χ0n) is 13.4.